The molecule has 1 fully saturated rings. The van der Waals surface area contributed by atoms with Crippen LogP contribution in [0.25, 0.3) is 0 Å². The Balaban J connectivity index is 1.55. The van der Waals surface area contributed by atoms with E-state index in [4.69, 9.17) is 9.47 Å². The number of carbonyl (C=O) groups excluding carboxylic acids is 1. The van der Waals surface area contributed by atoms with Crippen molar-refractivity contribution in [2.24, 2.45) is 0 Å². The molecule has 0 aliphatic heterocycles. The smallest absolute Gasteiger partial charge is 0.343 e. The average Bonchev–Trinajstić information content (AvgIpc) is 2.85. The van der Waals surface area contributed by atoms with Crippen LogP contribution in [0, 0.1) is 0 Å². The summed E-state index contributed by atoms with van der Waals surface area (Å²) in [5.41, 5.74) is 3.00. The highest BCUT2D eigenvalue weighted by Crippen LogP contribution is 2.45. The lowest BCUT2D eigenvalue weighted by atomic mass is 9.65. The second-order valence-corrected chi connectivity index (χ2v) is 10.1. The van der Waals surface area contributed by atoms with Crippen LogP contribution in [0.3, 0.4) is 0 Å². The zero-order valence-corrected chi connectivity index (χ0v) is 20.7. The van der Waals surface area contributed by atoms with Crippen molar-refractivity contribution >= 4 is 5.97 Å². The Morgan fingerprint density at radius 1 is 0.794 bits per heavy atom. The van der Waals surface area contributed by atoms with Crippen molar-refractivity contribution in [2.45, 2.75) is 76.7 Å². The number of rotatable bonds is 8. The van der Waals surface area contributed by atoms with E-state index in [2.05, 4.69) is 57.2 Å². The van der Waals surface area contributed by atoms with Crippen molar-refractivity contribution in [3.63, 3.8) is 0 Å². The van der Waals surface area contributed by atoms with Gasteiger partial charge in [-0.2, -0.15) is 0 Å². The van der Waals surface area contributed by atoms with Crippen LogP contribution in [0.15, 0.2) is 78.9 Å². The van der Waals surface area contributed by atoms with Gasteiger partial charge < -0.3 is 9.47 Å². The number of esters is 1. The molecule has 3 aromatic rings. The molecule has 0 N–H and O–H groups in total. The summed E-state index contributed by atoms with van der Waals surface area (Å²) >= 11 is 0. The summed E-state index contributed by atoms with van der Waals surface area (Å²) in [6, 6.07) is 26.0. The minimum atomic E-state index is -0.331. The predicted molar refractivity (Wildman–Crippen MR) is 138 cm³/mol. The SMILES string of the molecule is CCCC(C)(C)Oc1ccc(C2(c3ccc(OC(=O)c4ccccc4)cc3)CCCCC2)cc1. The van der Waals surface area contributed by atoms with Crippen LogP contribution in [0.4, 0.5) is 0 Å². The molecule has 0 unspecified atom stereocenters. The van der Waals surface area contributed by atoms with Gasteiger partial charge in [-0.15, -0.1) is 0 Å². The zero-order valence-electron chi connectivity index (χ0n) is 20.7. The van der Waals surface area contributed by atoms with E-state index in [1.165, 1.54) is 30.4 Å². The van der Waals surface area contributed by atoms with Gasteiger partial charge in [-0.1, -0.05) is 75.1 Å². The van der Waals surface area contributed by atoms with Gasteiger partial charge in [0.25, 0.3) is 0 Å². The fraction of sp³-hybridized carbons (Fsp3) is 0.387. The summed E-state index contributed by atoms with van der Waals surface area (Å²) in [4.78, 5) is 12.4. The molecule has 178 valence electrons. The molecule has 0 radical (unpaired) electrons. The molecule has 1 aliphatic carbocycles. The molecule has 0 bridgehead atoms. The second kappa shape index (κ2) is 10.5. The highest BCUT2D eigenvalue weighted by molar-refractivity contribution is 5.90. The van der Waals surface area contributed by atoms with E-state index in [1.807, 2.05) is 30.3 Å². The summed E-state index contributed by atoms with van der Waals surface area (Å²) in [6.45, 7) is 6.49. The maximum Gasteiger partial charge on any atom is 0.343 e. The van der Waals surface area contributed by atoms with Gasteiger partial charge in [0.2, 0.25) is 0 Å². The Hall–Kier alpha value is -3.07. The van der Waals surface area contributed by atoms with Crippen LogP contribution < -0.4 is 9.47 Å². The fourth-order valence-corrected chi connectivity index (χ4v) is 5.30. The number of ether oxygens (including phenoxy) is 2. The standard InChI is InChI=1S/C31H36O3/c1-4-21-30(2,3)34-28-19-15-26(16-20-28)31(22-9-6-10-23-31)25-13-17-27(18-14-25)33-29(32)24-11-7-5-8-12-24/h5,7-8,11-20H,4,6,9-10,21-23H2,1-3H3. The third-order valence-corrected chi connectivity index (χ3v) is 6.99. The van der Waals surface area contributed by atoms with E-state index in [1.54, 1.807) is 12.1 Å². The highest BCUT2D eigenvalue weighted by atomic mass is 16.5. The van der Waals surface area contributed by atoms with Gasteiger partial charge in [-0.25, -0.2) is 4.79 Å². The molecule has 0 heterocycles. The van der Waals surface area contributed by atoms with Crippen LogP contribution >= 0.6 is 0 Å². The minimum Gasteiger partial charge on any atom is -0.488 e. The summed E-state index contributed by atoms with van der Waals surface area (Å²) in [5.74, 6) is 1.17. The Bertz CT molecular complexity index is 1060. The van der Waals surface area contributed by atoms with Gasteiger partial charge in [-0.3, -0.25) is 0 Å². The van der Waals surface area contributed by atoms with Gasteiger partial charge in [0, 0.05) is 5.41 Å². The van der Waals surface area contributed by atoms with Crippen molar-refractivity contribution < 1.29 is 14.3 Å². The summed E-state index contributed by atoms with van der Waals surface area (Å²) in [5, 5.41) is 0. The van der Waals surface area contributed by atoms with Gasteiger partial charge in [0.1, 0.15) is 17.1 Å². The van der Waals surface area contributed by atoms with E-state index >= 15 is 0 Å². The number of benzene rings is 3. The first-order chi connectivity index (χ1) is 16.4. The number of hydrogen-bond donors (Lipinski definition) is 0. The lowest BCUT2D eigenvalue weighted by molar-refractivity contribution is 0.0734. The van der Waals surface area contributed by atoms with Crippen molar-refractivity contribution in [3.05, 3.63) is 95.6 Å². The van der Waals surface area contributed by atoms with E-state index in [0.29, 0.717) is 11.3 Å². The van der Waals surface area contributed by atoms with Crippen molar-refractivity contribution in [1.29, 1.82) is 0 Å². The molecule has 1 aliphatic rings. The molecule has 0 atom stereocenters. The first-order valence-electron chi connectivity index (χ1n) is 12.6. The molecule has 0 aromatic heterocycles. The van der Waals surface area contributed by atoms with E-state index in [9.17, 15) is 4.79 Å². The first-order valence-corrected chi connectivity index (χ1v) is 12.6. The van der Waals surface area contributed by atoms with Crippen molar-refractivity contribution in [2.75, 3.05) is 0 Å². The van der Waals surface area contributed by atoms with E-state index < -0.39 is 0 Å². The van der Waals surface area contributed by atoms with Gasteiger partial charge in [-0.05, 0) is 80.6 Å². The van der Waals surface area contributed by atoms with Gasteiger partial charge >= 0.3 is 5.97 Å². The molecular formula is C31H36O3. The Labute approximate surface area is 204 Å². The molecule has 3 nitrogen and oxygen atoms in total. The molecule has 34 heavy (non-hydrogen) atoms. The first kappa shape index (κ1) is 24.1. The van der Waals surface area contributed by atoms with Crippen molar-refractivity contribution in [1.82, 2.24) is 0 Å². The van der Waals surface area contributed by atoms with E-state index in [-0.39, 0.29) is 17.0 Å². The third-order valence-electron chi connectivity index (χ3n) is 6.99. The minimum absolute atomic E-state index is 0.0162. The lowest BCUT2D eigenvalue weighted by Gasteiger charge is -2.39. The number of hydrogen-bond acceptors (Lipinski definition) is 3. The topological polar surface area (TPSA) is 35.5 Å². The number of carbonyl (C=O) groups is 1. The maximum atomic E-state index is 12.4. The normalized spacial score (nSPS) is 15.5. The van der Waals surface area contributed by atoms with Crippen LogP contribution in [-0.4, -0.2) is 11.6 Å². The summed E-state index contributed by atoms with van der Waals surface area (Å²) < 4.78 is 11.9. The van der Waals surface area contributed by atoms with Gasteiger partial charge in [0.15, 0.2) is 0 Å². The molecule has 3 aromatic carbocycles. The lowest BCUT2D eigenvalue weighted by Crippen LogP contribution is -2.30. The van der Waals surface area contributed by atoms with Crippen molar-refractivity contribution in [3.8, 4) is 11.5 Å². The maximum absolute atomic E-state index is 12.4. The molecule has 4 rings (SSSR count). The van der Waals surface area contributed by atoms with Crippen LogP contribution in [0.5, 0.6) is 11.5 Å². The Morgan fingerprint density at radius 2 is 1.35 bits per heavy atom. The van der Waals surface area contributed by atoms with Crippen LogP contribution in [0.2, 0.25) is 0 Å². The van der Waals surface area contributed by atoms with E-state index in [0.717, 1.165) is 31.4 Å². The second-order valence-electron chi connectivity index (χ2n) is 10.1. The zero-order chi connectivity index (χ0) is 24.0. The molecule has 0 saturated heterocycles. The monoisotopic (exact) mass is 456 g/mol. The highest BCUT2D eigenvalue weighted by Gasteiger charge is 2.35. The van der Waals surface area contributed by atoms with Gasteiger partial charge in [0.05, 0.1) is 5.56 Å². The predicted octanol–water partition coefficient (Wildman–Crippen LogP) is 8.11. The molecule has 1 saturated carbocycles. The molecule has 0 amide bonds. The summed E-state index contributed by atoms with van der Waals surface area (Å²) in [7, 11) is 0. The Kier molecular flexibility index (Phi) is 7.41. The molecule has 0 spiro atoms. The summed E-state index contributed by atoms with van der Waals surface area (Å²) in [6.07, 6.45) is 8.08. The Morgan fingerprint density at radius 3 is 1.91 bits per heavy atom. The molecule has 3 heteroatoms. The fourth-order valence-electron chi connectivity index (χ4n) is 5.30. The molecular weight excluding hydrogens is 420 g/mol. The van der Waals surface area contributed by atoms with Crippen LogP contribution in [-0.2, 0) is 5.41 Å². The largest absolute Gasteiger partial charge is 0.488 e. The van der Waals surface area contributed by atoms with Crippen LogP contribution in [0.1, 0.15) is 87.2 Å². The average molecular weight is 457 g/mol. The third kappa shape index (κ3) is 5.52. The quantitative estimate of drug-likeness (QED) is 0.254.